The molecule has 0 radical (unpaired) electrons. The molecule has 1 aliphatic heterocycles. The molecule has 12 heteroatoms. The van der Waals surface area contributed by atoms with Crippen molar-refractivity contribution in [3.05, 3.63) is 105 Å². The first-order chi connectivity index (χ1) is 21.8. The van der Waals surface area contributed by atoms with Crippen LogP contribution < -0.4 is 4.72 Å². The third kappa shape index (κ3) is 7.53. The van der Waals surface area contributed by atoms with Gasteiger partial charge in [0.2, 0.25) is 10.0 Å². The summed E-state index contributed by atoms with van der Waals surface area (Å²) in [6.07, 6.45) is 3.06. The summed E-state index contributed by atoms with van der Waals surface area (Å²) in [5, 5.41) is 17.6. The van der Waals surface area contributed by atoms with Crippen molar-refractivity contribution in [1.82, 2.24) is 9.73 Å². The molecule has 2 N–H and O–H groups in total. The summed E-state index contributed by atoms with van der Waals surface area (Å²) in [4.78, 5) is 26.7. The SMILES string of the molecule is Cc1ccc(S(=O)(=O)N[C@H](C(=O)OCC(=O)N2N=C3/C(=C/c4ccc(Cl)cc4)CCC[C@H]3[C@@H]2c2ccc(Cl)cc2)[C@@H](C)O)cc1C. The Morgan fingerprint density at radius 2 is 1.70 bits per heavy atom. The molecule has 4 atom stereocenters. The maximum Gasteiger partial charge on any atom is 0.327 e. The highest BCUT2D eigenvalue weighted by molar-refractivity contribution is 7.89. The van der Waals surface area contributed by atoms with Gasteiger partial charge in [-0.25, -0.2) is 13.4 Å². The molecule has 0 spiro atoms. The highest BCUT2D eigenvalue weighted by Gasteiger charge is 2.44. The van der Waals surface area contributed by atoms with E-state index in [0.29, 0.717) is 10.0 Å². The van der Waals surface area contributed by atoms with Crippen LogP contribution in [0.4, 0.5) is 0 Å². The van der Waals surface area contributed by atoms with Gasteiger partial charge in [-0.15, -0.1) is 0 Å². The number of amides is 1. The van der Waals surface area contributed by atoms with Crippen molar-refractivity contribution in [1.29, 1.82) is 0 Å². The van der Waals surface area contributed by atoms with E-state index < -0.39 is 46.7 Å². The zero-order valence-corrected chi connectivity index (χ0v) is 27.9. The summed E-state index contributed by atoms with van der Waals surface area (Å²) in [6, 6.07) is 17.1. The highest BCUT2D eigenvalue weighted by Crippen LogP contribution is 2.44. The molecule has 1 amide bonds. The molecule has 0 aromatic heterocycles. The predicted octanol–water partition coefficient (Wildman–Crippen LogP) is 6.00. The van der Waals surface area contributed by atoms with Gasteiger partial charge in [-0.05, 0) is 110 Å². The fraction of sp³-hybridized carbons (Fsp3) is 0.324. The minimum Gasteiger partial charge on any atom is -0.454 e. The van der Waals surface area contributed by atoms with Crippen molar-refractivity contribution in [3.8, 4) is 0 Å². The summed E-state index contributed by atoms with van der Waals surface area (Å²) in [5.74, 6) is -1.79. The number of carbonyl (C=O) groups is 2. The topological polar surface area (TPSA) is 125 Å². The number of rotatable bonds is 9. The van der Waals surface area contributed by atoms with Gasteiger partial charge < -0.3 is 9.84 Å². The number of fused-ring (bicyclic) bond motifs is 1. The minimum absolute atomic E-state index is 0.0612. The van der Waals surface area contributed by atoms with Crippen molar-refractivity contribution in [2.24, 2.45) is 11.0 Å². The van der Waals surface area contributed by atoms with Gasteiger partial charge in [0.1, 0.15) is 6.04 Å². The zero-order valence-electron chi connectivity index (χ0n) is 25.6. The third-order valence-corrected chi connectivity index (χ3v) is 10.3. The number of hydrogen-bond donors (Lipinski definition) is 2. The molecule has 1 heterocycles. The van der Waals surface area contributed by atoms with Crippen LogP contribution in [0.1, 0.15) is 54.5 Å². The van der Waals surface area contributed by atoms with Gasteiger partial charge in [0, 0.05) is 16.0 Å². The Kier molecular flexibility index (Phi) is 10.3. The Labute approximate surface area is 278 Å². The number of sulfonamides is 1. The first-order valence-corrected chi connectivity index (χ1v) is 17.1. The molecule has 3 aromatic carbocycles. The number of allylic oxidation sites excluding steroid dienone is 1. The molecule has 9 nitrogen and oxygen atoms in total. The summed E-state index contributed by atoms with van der Waals surface area (Å²) in [5.41, 5.74) is 5.21. The monoisotopic (exact) mass is 683 g/mol. The lowest BCUT2D eigenvalue weighted by Gasteiger charge is -2.29. The normalized spacial score (nSPS) is 20.2. The van der Waals surface area contributed by atoms with Gasteiger partial charge in [-0.1, -0.05) is 53.5 Å². The quantitative estimate of drug-likeness (QED) is 0.266. The van der Waals surface area contributed by atoms with Gasteiger partial charge in [-0.3, -0.25) is 9.59 Å². The van der Waals surface area contributed by atoms with E-state index in [1.165, 1.54) is 24.1 Å². The second kappa shape index (κ2) is 14.1. The van der Waals surface area contributed by atoms with Crippen LogP contribution in [0.3, 0.4) is 0 Å². The number of nitrogens with zero attached hydrogens (tertiary/aromatic N) is 2. The number of nitrogens with one attached hydrogen (secondary N) is 1. The van der Waals surface area contributed by atoms with E-state index in [1.54, 1.807) is 25.1 Å². The average molecular weight is 685 g/mol. The van der Waals surface area contributed by atoms with Crippen molar-refractivity contribution >= 4 is 56.9 Å². The fourth-order valence-electron chi connectivity index (χ4n) is 5.71. The number of benzene rings is 3. The van der Waals surface area contributed by atoms with Crippen molar-refractivity contribution in [3.63, 3.8) is 0 Å². The van der Waals surface area contributed by atoms with Crippen molar-refractivity contribution < 1.29 is 27.9 Å². The average Bonchev–Trinajstić information content (AvgIpc) is 3.42. The van der Waals surface area contributed by atoms with E-state index >= 15 is 0 Å². The van der Waals surface area contributed by atoms with Gasteiger partial charge in [0.15, 0.2) is 6.61 Å². The Morgan fingerprint density at radius 1 is 1.04 bits per heavy atom. The molecular weight excluding hydrogens is 649 g/mol. The Morgan fingerprint density at radius 3 is 2.33 bits per heavy atom. The van der Waals surface area contributed by atoms with E-state index in [-0.39, 0.29) is 10.8 Å². The van der Waals surface area contributed by atoms with Gasteiger partial charge in [0.05, 0.1) is 22.8 Å². The smallest absolute Gasteiger partial charge is 0.327 e. The number of ether oxygens (including phenoxy) is 1. The number of hydrogen-bond acceptors (Lipinski definition) is 7. The summed E-state index contributed by atoms with van der Waals surface area (Å²) >= 11 is 12.2. The van der Waals surface area contributed by atoms with Crippen LogP contribution in [0, 0.1) is 19.8 Å². The van der Waals surface area contributed by atoms with Gasteiger partial charge in [0.25, 0.3) is 5.91 Å². The molecule has 0 saturated heterocycles. The first-order valence-electron chi connectivity index (χ1n) is 14.9. The summed E-state index contributed by atoms with van der Waals surface area (Å²) in [6.45, 7) is 4.17. The van der Waals surface area contributed by atoms with E-state index in [2.05, 4.69) is 4.72 Å². The highest BCUT2D eigenvalue weighted by atomic mass is 35.5. The lowest BCUT2D eigenvalue weighted by atomic mass is 9.77. The second-order valence-corrected chi connectivity index (χ2v) is 14.2. The van der Waals surface area contributed by atoms with Crippen LogP contribution in [0.25, 0.3) is 6.08 Å². The fourth-order valence-corrected chi connectivity index (χ4v) is 7.30. The molecule has 1 fully saturated rings. The molecule has 1 aliphatic carbocycles. The molecule has 2 aliphatic rings. The Balaban J connectivity index is 1.37. The largest absolute Gasteiger partial charge is 0.454 e. The van der Waals surface area contributed by atoms with Crippen LogP contribution >= 0.6 is 23.2 Å². The molecule has 0 bridgehead atoms. The molecule has 5 rings (SSSR count). The molecule has 3 aromatic rings. The maximum atomic E-state index is 13.7. The van der Waals surface area contributed by atoms with E-state index in [9.17, 15) is 23.1 Å². The van der Waals surface area contributed by atoms with Crippen LogP contribution in [0.2, 0.25) is 10.0 Å². The predicted molar refractivity (Wildman–Crippen MR) is 178 cm³/mol. The Hall–Kier alpha value is -3.54. The molecule has 242 valence electrons. The van der Waals surface area contributed by atoms with E-state index in [0.717, 1.165) is 52.8 Å². The van der Waals surface area contributed by atoms with Crippen LogP contribution in [-0.2, 0) is 24.3 Å². The van der Waals surface area contributed by atoms with E-state index in [1.807, 2.05) is 49.4 Å². The number of carbonyl (C=O) groups excluding carboxylic acids is 2. The Bertz CT molecular complexity index is 1790. The lowest BCUT2D eigenvalue weighted by Crippen LogP contribution is -2.49. The van der Waals surface area contributed by atoms with Crippen molar-refractivity contribution in [2.45, 2.75) is 63.1 Å². The molecule has 46 heavy (non-hydrogen) atoms. The zero-order chi connectivity index (χ0) is 33.2. The number of halogens is 2. The van der Waals surface area contributed by atoms with Crippen molar-refractivity contribution in [2.75, 3.05) is 6.61 Å². The first kappa shape index (κ1) is 33.8. The number of aliphatic hydroxyl groups excluding tert-OH is 1. The molecule has 0 unspecified atom stereocenters. The molecule has 1 saturated carbocycles. The molecular formula is C34H35Cl2N3O6S. The second-order valence-electron chi connectivity index (χ2n) is 11.6. The maximum absolute atomic E-state index is 13.7. The van der Waals surface area contributed by atoms with Gasteiger partial charge in [-0.2, -0.15) is 9.82 Å². The van der Waals surface area contributed by atoms with Crippen LogP contribution in [-0.4, -0.2) is 54.9 Å². The summed E-state index contributed by atoms with van der Waals surface area (Å²) < 4.78 is 33.7. The standard InChI is InChI=1S/C34H35Cl2N3O6S/c1-20-7-16-28(17-21(20)2)46(43,44)38-31(22(3)40)34(42)45-19-30(41)39-33(24-10-14-27(36)15-11-24)29-6-4-5-25(32(29)37-39)18-23-8-12-26(35)13-9-23/h7-18,22,29,31,33,38,40H,4-6,19H2,1-3H3/b25-18+/t22-,29-,31+,33+/m1/s1. The third-order valence-electron chi connectivity index (χ3n) is 8.32. The van der Waals surface area contributed by atoms with E-state index in [4.69, 9.17) is 33.0 Å². The lowest BCUT2D eigenvalue weighted by molar-refractivity contribution is -0.156. The number of aryl methyl sites for hydroxylation is 2. The van der Waals surface area contributed by atoms with Gasteiger partial charge >= 0.3 is 5.97 Å². The summed E-state index contributed by atoms with van der Waals surface area (Å²) in [7, 11) is -4.19. The minimum atomic E-state index is -4.19. The van der Waals surface area contributed by atoms with Crippen LogP contribution in [0.5, 0.6) is 0 Å². The number of aliphatic hydroxyl groups is 1. The number of hydrazone groups is 1. The number of esters is 1. The van der Waals surface area contributed by atoms with Crippen LogP contribution in [0.15, 0.2) is 82.3 Å².